The number of sulfonamides is 2. The Bertz CT molecular complexity index is 1550. The van der Waals surface area contributed by atoms with Crippen LogP contribution in [0.2, 0.25) is 0 Å². The summed E-state index contributed by atoms with van der Waals surface area (Å²) in [6.07, 6.45) is 4.11. The van der Waals surface area contributed by atoms with E-state index in [2.05, 4.69) is 20.0 Å². The highest BCUT2D eigenvalue weighted by Gasteiger charge is 2.44. The number of hydrogen-bond donors (Lipinski definition) is 5. The molecule has 13 nitrogen and oxygen atoms in total. The Morgan fingerprint density at radius 1 is 1.17 bits per heavy atom. The van der Waals surface area contributed by atoms with Gasteiger partial charge in [0.25, 0.3) is 0 Å². The molecule has 5 N–H and O–H groups in total. The number of H-pyrrole nitrogens is 1. The number of aromatic nitrogens is 2. The number of aliphatic hydroxyl groups excluding tert-OH is 2. The highest BCUT2D eigenvalue weighted by Crippen LogP contribution is 2.37. The van der Waals surface area contributed by atoms with Gasteiger partial charge < -0.3 is 30.0 Å². The predicted octanol–water partition coefficient (Wildman–Crippen LogP) is 0.175. The number of benzene rings is 1. The summed E-state index contributed by atoms with van der Waals surface area (Å²) in [6, 6.07) is 9.31. The molecular formula is C26H35N5O8S2. The zero-order chi connectivity index (χ0) is 29.1. The second kappa shape index (κ2) is 12.3. The monoisotopic (exact) mass is 609 g/mol. The van der Waals surface area contributed by atoms with Crippen molar-refractivity contribution in [2.45, 2.75) is 46.8 Å². The third-order valence-corrected chi connectivity index (χ3v) is 10.8. The number of hydrogen-bond acceptors (Lipinski definition) is 10. The van der Waals surface area contributed by atoms with E-state index in [1.165, 1.54) is 28.7 Å². The van der Waals surface area contributed by atoms with E-state index in [-0.39, 0.29) is 42.1 Å². The minimum atomic E-state index is -3.77. The lowest BCUT2D eigenvalue weighted by Gasteiger charge is -2.38. The van der Waals surface area contributed by atoms with E-state index >= 15 is 0 Å². The standard InChI is InChI=1S/C26H35N5O8S2/c32-11-8-30-40(34,35)22-3-1-2-21(12-22)38-18-20(33)15-28-19-14-26(39-17-19)5-9-31(10-6-26)41(36,37)23-13-25-24(29-16-23)4-7-27-25/h1-4,7,12-13,16,19-20,27-28,30,32-33H,5-6,8-11,14-15,17-18H2. The molecule has 4 heterocycles. The summed E-state index contributed by atoms with van der Waals surface area (Å²) in [5.41, 5.74) is 0.972. The maximum atomic E-state index is 13.2. The van der Waals surface area contributed by atoms with Crippen LogP contribution in [0.25, 0.3) is 11.0 Å². The van der Waals surface area contributed by atoms with E-state index in [1.54, 1.807) is 24.4 Å². The first-order valence-electron chi connectivity index (χ1n) is 13.4. The highest BCUT2D eigenvalue weighted by molar-refractivity contribution is 7.89. The van der Waals surface area contributed by atoms with Gasteiger partial charge in [0.15, 0.2) is 0 Å². The first-order chi connectivity index (χ1) is 19.6. The Morgan fingerprint density at radius 2 is 1.98 bits per heavy atom. The minimum Gasteiger partial charge on any atom is -0.491 e. The van der Waals surface area contributed by atoms with Gasteiger partial charge in [-0.3, -0.25) is 4.98 Å². The summed E-state index contributed by atoms with van der Waals surface area (Å²) in [4.78, 5) is 7.40. The van der Waals surface area contributed by atoms with Crippen LogP contribution < -0.4 is 14.8 Å². The average Bonchev–Trinajstić information content (AvgIpc) is 3.61. The van der Waals surface area contributed by atoms with Crippen molar-refractivity contribution in [3.05, 3.63) is 48.8 Å². The fourth-order valence-corrected chi connectivity index (χ4v) is 7.68. The molecule has 0 aliphatic carbocycles. The van der Waals surface area contributed by atoms with E-state index in [9.17, 15) is 21.9 Å². The molecule has 0 bridgehead atoms. The van der Waals surface area contributed by atoms with Gasteiger partial charge in [0.1, 0.15) is 23.4 Å². The zero-order valence-corrected chi connectivity index (χ0v) is 24.0. The van der Waals surface area contributed by atoms with Crippen molar-refractivity contribution in [2.24, 2.45) is 0 Å². The van der Waals surface area contributed by atoms with E-state index in [1.807, 2.05) is 0 Å². The Balaban J connectivity index is 1.07. The first kappa shape index (κ1) is 29.8. The number of aliphatic hydroxyl groups is 2. The Labute approximate surface area is 239 Å². The van der Waals surface area contributed by atoms with Gasteiger partial charge in [-0.2, -0.15) is 4.31 Å². The van der Waals surface area contributed by atoms with E-state index in [4.69, 9.17) is 14.6 Å². The smallest absolute Gasteiger partial charge is 0.244 e. The van der Waals surface area contributed by atoms with Crippen LogP contribution in [0.5, 0.6) is 5.75 Å². The van der Waals surface area contributed by atoms with Crippen LogP contribution >= 0.6 is 0 Å². The van der Waals surface area contributed by atoms with Gasteiger partial charge >= 0.3 is 0 Å². The molecule has 2 aliphatic heterocycles. The molecule has 15 heteroatoms. The van der Waals surface area contributed by atoms with Crippen molar-refractivity contribution in [1.29, 1.82) is 0 Å². The van der Waals surface area contributed by atoms with Crippen molar-refractivity contribution in [3.63, 3.8) is 0 Å². The fourth-order valence-electron chi connectivity index (χ4n) is 5.21. The molecule has 2 aromatic heterocycles. The van der Waals surface area contributed by atoms with Gasteiger partial charge in [0, 0.05) is 50.7 Å². The number of nitrogens with one attached hydrogen (secondary N) is 3. The van der Waals surface area contributed by atoms with Gasteiger partial charge in [-0.1, -0.05) is 6.07 Å². The first-order valence-corrected chi connectivity index (χ1v) is 16.3. The van der Waals surface area contributed by atoms with Crippen LogP contribution in [0.4, 0.5) is 0 Å². The minimum absolute atomic E-state index is 0.00145. The SMILES string of the molecule is O=S(=O)(NCCO)c1cccc(OCC(O)CNC2COC3(CCN(S(=O)(=O)c4cnc5cc[nH]c5c4)CC3)C2)c1. The second-order valence-electron chi connectivity index (χ2n) is 10.3. The molecule has 0 radical (unpaired) electrons. The van der Waals surface area contributed by atoms with Crippen LogP contribution in [0.15, 0.2) is 58.6 Å². The molecule has 2 atom stereocenters. The fraction of sp³-hybridized carbons (Fsp3) is 0.500. The summed E-state index contributed by atoms with van der Waals surface area (Å²) in [5, 5.41) is 22.6. The Morgan fingerprint density at radius 3 is 2.76 bits per heavy atom. The average molecular weight is 610 g/mol. The van der Waals surface area contributed by atoms with Crippen LogP contribution in [0, 0.1) is 0 Å². The molecule has 1 aromatic carbocycles. The third-order valence-electron chi connectivity index (χ3n) is 7.46. The lowest BCUT2D eigenvalue weighted by Crippen LogP contribution is -2.47. The van der Waals surface area contributed by atoms with E-state index < -0.39 is 31.8 Å². The van der Waals surface area contributed by atoms with Gasteiger partial charge in [0.2, 0.25) is 20.0 Å². The van der Waals surface area contributed by atoms with Crippen LogP contribution in [-0.2, 0) is 24.8 Å². The Kier molecular flexibility index (Phi) is 8.96. The summed E-state index contributed by atoms with van der Waals surface area (Å²) in [5.74, 6) is 0.296. The zero-order valence-electron chi connectivity index (χ0n) is 22.4. The third kappa shape index (κ3) is 6.89. The van der Waals surface area contributed by atoms with Gasteiger partial charge in [0.05, 0.1) is 34.7 Å². The van der Waals surface area contributed by atoms with Crippen molar-refractivity contribution < 1.29 is 36.5 Å². The predicted molar refractivity (Wildman–Crippen MR) is 149 cm³/mol. The number of piperidine rings is 1. The largest absolute Gasteiger partial charge is 0.491 e. The molecule has 2 aliphatic rings. The van der Waals surface area contributed by atoms with Crippen LogP contribution in [-0.4, -0.2) is 105 Å². The van der Waals surface area contributed by atoms with Crippen molar-refractivity contribution in [3.8, 4) is 5.75 Å². The maximum Gasteiger partial charge on any atom is 0.244 e. The molecule has 41 heavy (non-hydrogen) atoms. The topological polar surface area (TPSA) is 183 Å². The summed E-state index contributed by atoms with van der Waals surface area (Å²) in [7, 11) is -7.44. The molecule has 2 saturated heterocycles. The molecule has 2 fully saturated rings. The number of ether oxygens (including phenoxy) is 2. The number of nitrogens with zero attached hydrogens (tertiary/aromatic N) is 2. The summed E-state index contributed by atoms with van der Waals surface area (Å²) < 4.78 is 66.4. The van der Waals surface area contributed by atoms with Crippen LogP contribution in [0.3, 0.4) is 0 Å². The normalized spacial score (nSPS) is 20.5. The molecule has 224 valence electrons. The number of pyridine rings is 1. The van der Waals surface area contributed by atoms with Gasteiger partial charge in [-0.05, 0) is 43.5 Å². The van der Waals surface area contributed by atoms with Crippen molar-refractivity contribution >= 4 is 31.1 Å². The van der Waals surface area contributed by atoms with Crippen molar-refractivity contribution in [1.82, 2.24) is 24.3 Å². The van der Waals surface area contributed by atoms with E-state index in [0.717, 1.165) is 0 Å². The number of aromatic amines is 1. The summed E-state index contributed by atoms with van der Waals surface area (Å²) >= 11 is 0. The number of rotatable bonds is 12. The lowest BCUT2D eigenvalue weighted by atomic mass is 9.88. The maximum absolute atomic E-state index is 13.2. The van der Waals surface area contributed by atoms with Gasteiger partial charge in [-0.25, -0.2) is 21.6 Å². The molecule has 5 rings (SSSR count). The van der Waals surface area contributed by atoms with Crippen LogP contribution in [0.1, 0.15) is 19.3 Å². The molecule has 1 spiro atoms. The molecule has 2 unspecified atom stereocenters. The van der Waals surface area contributed by atoms with E-state index in [0.29, 0.717) is 55.7 Å². The quantitative estimate of drug-likeness (QED) is 0.190. The molecule has 0 amide bonds. The highest BCUT2D eigenvalue weighted by atomic mass is 32.2. The summed E-state index contributed by atoms with van der Waals surface area (Å²) in [6.45, 7) is 0.936. The molecule has 0 saturated carbocycles. The lowest BCUT2D eigenvalue weighted by molar-refractivity contribution is -0.0312. The molecule has 3 aromatic rings. The van der Waals surface area contributed by atoms with Crippen molar-refractivity contribution in [2.75, 3.05) is 46.0 Å². The Hall–Kier alpha value is -2.63. The second-order valence-corrected chi connectivity index (χ2v) is 14.1. The van der Waals surface area contributed by atoms with Gasteiger partial charge in [-0.15, -0.1) is 0 Å². The number of fused-ring (bicyclic) bond motifs is 1. The molecular weight excluding hydrogens is 574 g/mol.